The highest BCUT2D eigenvalue weighted by Gasteiger charge is 2.08. The van der Waals surface area contributed by atoms with Gasteiger partial charge < -0.3 is 9.09 Å². The van der Waals surface area contributed by atoms with Gasteiger partial charge in [0.25, 0.3) is 0 Å². The van der Waals surface area contributed by atoms with Crippen molar-refractivity contribution in [2.24, 2.45) is 0 Å². The molecule has 2 heterocycles. The molecule has 0 N–H and O–H groups in total. The van der Waals surface area contributed by atoms with Crippen molar-refractivity contribution in [1.82, 2.24) is 14.7 Å². The molecule has 0 aliphatic heterocycles. The van der Waals surface area contributed by atoms with Crippen LogP contribution >= 0.6 is 0 Å². The molecule has 1 aromatic carbocycles. The third kappa shape index (κ3) is 1.69. The summed E-state index contributed by atoms with van der Waals surface area (Å²) in [5.74, 6) is 1.18. The molecule has 0 aliphatic rings. The van der Waals surface area contributed by atoms with Crippen LogP contribution in [0, 0.1) is 6.92 Å². The van der Waals surface area contributed by atoms with E-state index in [1.165, 1.54) is 0 Å². The molecule has 5 nitrogen and oxygen atoms in total. The first-order valence-electron chi connectivity index (χ1n) is 5.60. The van der Waals surface area contributed by atoms with E-state index in [1.807, 2.05) is 29.0 Å². The van der Waals surface area contributed by atoms with Gasteiger partial charge >= 0.3 is 0 Å². The molecule has 0 unspecified atom stereocenters. The Morgan fingerprint density at radius 2 is 2.28 bits per heavy atom. The smallest absolute Gasteiger partial charge is 0.223 e. The predicted octanol–water partition coefficient (Wildman–Crippen LogP) is 2.19. The molecule has 18 heavy (non-hydrogen) atoms. The van der Waals surface area contributed by atoms with Crippen molar-refractivity contribution < 1.29 is 9.32 Å². The van der Waals surface area contributed by atoms with Crippen LogP contribution in [0.1, 0.15) is 22.1 Å². The first-order valence-corrected chi connectivity index (χ1v) is 5.60. The molecule has 0 spiro atoms. The molecule has 0 saturated carbocycles. The summed E-state index contributed by atoms with van der Waals surface area (Å²) >= 11 is 0. The van der Waals surface area contributed by atoms with Gasteiger partial charge in [-0.1, -0.05) is 17.3 Å². The summed E-state index contributed by atoms with van der Waals surface area (Å²) in [5.41, 5.74) is 1.68. The third-order valence-electron chi connectivity index (χ3n) is 2.86. The van der Waals surface area contributed by atoms with Gasteiger partial charge in [0.2, 0.25) is 5.89 Å². The van der Waals surface area contributed by atoms with Gasteiger partial charge in [0.1, 0.15) is 0 Å². The van der Waals surface area contributed by atoms with E-state index in [1.54, 1.807) is 13.0 Å². The van der Waals surface area contributed by atoms with Crippen LogP contribution in [0.2, 0.25) is 0 Å². The fraction of sp³-hybridized carbons (Fsp3) is 0.154. The van der Waals surface area contributed by atoms with Gasteiger partial charge in [0.05, 0.1) is 6.54 Å². The summed E-state index contributed by atoms with van der Waals surface area (Å²) in [4.78, 5) is 15.1. The lowest BCUT2D eigenvalue weighted by Gasteiger charge is -2.02. The molecule has 0 radical (unpaired) electrons. The van der Waals surface area contributed by atoms with E-state index in [2.05, 4.69) is 10.1 Å². The Morgan fingerprint density at radius 1 is 1.39 bits per heavy atom. The molecular formula is C13H11N3O2. The summed E-state index contributed by atoms with van der Waals surface area (Å²) in [6.07, 6.45) is 2.79. The van der Waals surface area contributed by atoms with Crippen molar-refractivity contribution in [3.8, 4) is 0 Å². The van der Waals surface area contributed by atoms with E-state index in [0.717, 1.165) is 17.2 Å². The Balaban J connectivity index is 2.05. The molecule has 0 saturated heterocycles. The molecule has 3 rings (SSSR count). The number of carbonyl (C=O) groups is 1. The second-order valence-electron chi connectivity index (χ2n) is 4.07. The van der Waals surface area contributed by atoms with E-state index in [4.69, 9.17) is 4.52 Å². The van der Waals surface area contributed by atoms with Crippen molar-refractivity contribution in [2.75, 3.05) is 0 Å². The Morgan fingerprint density at radius 3 is 3.00 bits per heavy atom. The van der Waals surface area contributed by atoms with Crippen LogP contribution in [0.3, 0.4) is 0 Å². The lowest BCUT2D eigenvalue weighted by atomic mass is 10.1. The molecule has 0 fully saturated rings. The van der Waals surface area contributed by atoms with E-state index in [0.29, 0.717) is 23.8 Å². The minimum Gasteiger partial charge on any atom is -0.340 e. The molecule has 0 bridgehead atoms. The number of aryl methyl sites for hydroxylation is 1. The number of fused-ring (bicyclic) bond motifs is 1. The zero-order valence-corrected chi connectivity index (χ0v) is 9.83. The number of hydrogen-bond acceptors (Lipinski definition) is 4. The van der Waals surface area contributed by atoms with Crippen molar-refractivity contribution in [3.05, 3.63) is 47.7 Å². The molecule has 2 aromatic heterocycles. The van der Waals surface area contributed by atoms with Crippen LogP contribution in [-0.2, 0) is 6.54 Å². The monoisotopic (exact) mass is 241 g/mol. The topological polar surface area (TPSA) is 60.9 Å². The van der Waals surface area contributed by atoms with Gasteiger partial charge in [0.15, 0.2) is 12.1 Å². The summed E-state index contributed by atoms with van der Waals surface area (Å²) < 4.78 is 6.93. The van der Waals surface area contributed by atoms with Crippen LogP contribution in [0.15, 0.2) is 35.0 Å². The fourth-order valence-corrected chi connectivity index (χ4v) is 2.05. The summed E-state index contributed by atoms with van der Waals surface area (Å²) in [6, 6.07) is 7.56. The minimum absolute atomic E-state index is 0.531. The van der Waals surface area contributed by atoms with Crippen LogP contribution in [0.25, 0.3) is 10.9 Å². The molecule has 5 heteroatoms. The highest BCUT2D eigenvalue weighted by Crippen LogP contribution is 2.19. The fourth-order valence-electron chi connectivity index (χ4n) is 2.05. The van der Waals surface area contributed by atoms with E-state index < -0.39 is 0 Å². The van der Waals surface area contributed by atoms with Crippen molar-refractivity contribution in [3.63, 3.8) is 0 Å². The maximum atomic E-state index is 10.9. The van der Waals surface area contributed by atoms with Gasteiger partial charge in [0, 0.05) is 29.6 Å². The largest absolute Gasteiger partial charge is 0.340 e. The first-order chi connectivity index (χ1) is 8.78. The molecule has 0 atom stereocenters. The summed E-state index contributed by atoms with van der Waals surface area (Å²) in [5, 5.41) is 4.80. The van der Waals surface area contributed by atoms with Gasteiger partial charge in [-0.25, -0.2) is 0 Å². The minimum atomic E-state index is 0.531. The third-order valence-corrected chi connectivity index (χ3v) is 2.86. The molecule has 3 aromatic rings. The van der Waals surface area contributed by atoms with Gasteiger partial charge in [-0.15, -0.1) is 0 Å². The van der Waals surface area contributed by atoms with Crippen LogP contribution in [0.5, 0.6) is 0 Å². The first kappa shape index (κ1) is 10.7. The van der Waals surface area contributed by atoms with E-state index in [9.17, 15) is 4.79 Å². The number of nitrogens with zero attached hydrogens (tertiary/aromatic N) is 3. The maximum absolute atomic E-state index is 10.9. The van der Waals surface area contributed by atoms with Crippen LogP contribution in [0.4, 0.5) is 0 Å². The number of carbonyl (C=O) groups excluding carboxylic acids is 1. The second-order valence-corrected chi connectivity index (χ2v) is 4.07. The zero-order chi connectivity index (χ0) is 12.5. The van der Waals surface area contributed by atoms with Crippen molar-refractivity contribution in [2.45, 2.75) is 13.5 Å². The Bertz CT molecular complexity index is 712. The number of benzene rings is 1. The quantitative estimate of drug-likeness (QED) is 0.659. The normalized spacial score (nSPS) is 10.9. The highest BCUT2D eigenvalue weighted by molar-refractivity contribution is 5.97. The van der Waals surface area contributed by atoms with E-state index >= 15 is 0 Å². The number of hydrogen-bond donors (Lipinski definition) is 0. The van der Waals surface area contributed by atoms with Gasteiger partial charge in [-0.3, -0.25) is 4.79 Å². The highest BCUT2D eigenvalue weighted by atomic mass is 16.5. The van der Waals surface area contributed by atoms with Crippen molar-refractivity contribution in [1.29, 1.82) is 0 Å². The lowest BCUT2D eigenvalue weighted by Crippen LogP contribution is -1.99. The van der Waals surface area contributed by atoms with Gasteiger partial charge in [-0.2, -0.15) is 4.98 Å². The average Bonchev–Trinajstić information content (AvgIpc) is 2.97. The van der Waals surface area contributed by atoms with Crippen molar-refractivity contribution >= 4 is 17.2 Å². The molecule has 90 valence electrons. The average molecular weight is 241 g/mol. The molecule has 0 aliphatic carbocycles. The van der Waals surface area contributed by atoms with Crippen LogP contribution < -0.4 is 0 Å². The predicted molar refractivity (Wildman–Crippen MR) is 65.5 cm³/mol. The van der Waals surface area contributed by atoms with E-state index in [-0.39, 0.29) is 0 Å². The molecular weight excluding hydrogens is 230 g/mol. The van der Waals surface area contributed by atoms with Gasteiger partial charge in [-0.05, 0) is 12.1 Å². The Kier molecular flexibility index (Phi) is 2.44. The zero-order valence-electron chi connectivity index (χ0n) is 9.83. The number of rotatable bonds is 3. The second kappa shape index (κ2) is 4.10. The SMILES string of the molecule is Cc1nc(Cn2ccc3c(C=O)cccc32)no1. The molecule has 0 amide bonds. The number of aromatic nitrogens is 3. The maximum Gasteiger partial charge on any atom is 0.223 e. The Hall–Kier alpha value is -2.43. The number of aldehydes is 1. The van der Waals surface area contributed by atoms with Crippen LogP contribution in [-0.4, -0.2) is 21.0 Å². The summed E-state index contributed by atoms with van der Waals surface area (Å²) in [6.45, 7) is 2.29. The Labute approximate surface area is 103 Å². The lowest BCUT2D eigenvalue weighted by molar-refractivity contribution is 0.112. The standard InChI is InChI=1S/C13H11N3O2/c1-9-14-13(15-18-9)7-16-6-5-11-10(8-17)3-2-4-12(11)16/h2-6,8H,7H2,1H3. The summed E-state index contributed by atoms with van der Waals surface area (Å²) in [7, 11) is 0.